The first-order valence-corrected chi connectivity index (χ1v) is 6.04. The van der Waals surface area contributed by atoms with Gasteiger partial charge in [-0.05, 0) is 11.5 Å². The average molecular weight is 246 g/mol. The van der Waals surface area contributed by atoms with Gasteiger partial charge < -0.3 is 0 Å². The van der Waals surface area contributed by atoms with Gasteiger partial charge in [0.15, 0.2) is 5.65 Å². The van der Waals surface area contributed by atoms with Gasteiger partial charge >= 0.3 is 0 Å². The molecule has 4 rings (SSSR count). The van der Waals surface area contributed by atoms with E-state index in [1.807, 2.05) is 41.3 Å². The highest BCUT2D eigenvalue weighted by Crippen LogP contribution is 2.28. The van der Waals surface area contributed by atoms with E-state index in [9.17, 15) is 0 Å². The van der Waals surface area contributed by atoms with Crippen molar-refractivity contribution in [1.29, 1.82) is 0 Å². The lowest BCUT2D eigenvalue weighted by atomic mass is 10.0. The van der Waals surface area contributed by atoms with E-state index in [1.165, 1.54) is 5.39 Å². The van der Waals surface area contributed by atoms with Crippen molar-refractivity contribution in [3.8, 4) is 11.3 Å². The molecule has 0 radical (unpaired) electrons. The lowest BCUT2D eigenvalue weighted by Gasteiger charge is -2.05. The summed E-state index contributed by atoms with van der Waals surface area (Å²) < 4.78 is 2.04. The van der Waals surface area contributed by atoms with Gasteiger partial charge in [0.05, 0.1) is 18.1 Å². The number of benzene rings is 1. The lowest BCUT2D eigenvalue weighted by Crippen LogP contribution is -1.89. The van der Waals surface area contributed by atoms with Crippen LogP contribution in [0.5, 0.6) is 0 Å². The second kappa shape index (κ2) is 3.88. The molecule has 0 aliphatic heterocycles. The lowest BCUT2D eigenvalue weighted by molar-refractivity contribution is 1.13. The SMILES string of the molecule is c1cc(-c2cnc3cnccn23)c2ccncc2c1. The largest absolute Gasteiger partial charge is 0.297 e. The van der Waals surface area contributed by atoms with Gasteiger partial charge in [0, 0.05) is 35.7 Å². The van der Waals surface area contributed by atoms with Gasteiger partial charge in [-0.2, -0.15) is 0 Å². The number of rotatable bonds is 1. The van der Waals surface area contributed by atoms with Gasteiger partial charge in [-0.25, -0.2) is 4.98 Å². The van der Waals surface area contributed by atoms with Crippen molar-refractivity contribution in [3.05, 3.63) is 61.4 Å². The molecule has 0 fully saturated rings. The van der Waals surface area contributed by atoms with Crippen LogP contribution in [0.2, 0.25) is 0 Å². The van der Waals surface area contributed by atoms with Crippen molar-refractivity contribution < 1.29 is 0 Å². The topological polar surface area (TPSA) is 43.1 Å². The van der Waals surface area contributed by atoms with Crippen molar-refractivity contribution in [2.75, 3.05) is 0 Å². The van der Waals surface area contributed by atoms with E-state index in [0.717, 1.165) is 22.3 Å². The number of hydrogen-bond acceptors (Lipinski definition) is 3. The molecule has 4 aromatic rings. The minimum Gasteiger partial charge on any atom is -0.297 e. The number of aromatic nitrogens is 4. The van der Waals surface area contributed by atoms with Gasteiger partial charge in [-0.1, -0.05) is 18.2 Å². The summed E-state index contributed by atoms with van der Waals surface area (Å²) in [7, 11) is 0. The van der Waals surface area contributed by atoms with Crippen molar-refractivity contribution in [1.82, 2.24) is 19.4 Å². The van der Waals surface area contributed by atoms with Crippen LogP contribution in [-0.2, 0) is 0 Å². The first kappa shape index (κ1) is 10.2. The smallest absolute Gasteiger partial charge is 0.155 e. The van der Waals surface area contributed by atoms with Crippen molar-refractivity contribution in [2.45, 2.75) is 0 Å². The van der Waals surface area contributed by atoms with Crippen LogP contribution in [-0.4, -0.2) is 19.4 Å². The summed E-state index contributed by atoms with van der Waals surface area (Å²) in [5.74, 6) is 0. The summed E-state index contributed by atoms with van der Waals surface area (Å²) in [6, 6.07) is 8.24. The highest BCUT2D eigenvalue weighted by atomic mass is 15.0. The van der Waals surface area contributed by atoms with Gasteiger partial charge in [0.2, 0.25) is 0 Å². The van der Waals surface area contributed by atoms with Crippen LogP contribution in [0.25, 0.3) is 27.7 Å². The zero-order valence-corrected chi connectivity index (χ0v) is 10.1. The standard InChI is InChI=1S/C15H10N4/c1-2-11-8-16-5-4-12(11)13(3-1)14-9-18-15-10-17-6-7-19(14)15/h1-10H. The van der Waals surface area contributed by atoms with E-state index in [0.29, 0.717) is 0 Å². The van der Waals surface area contributed by atoms with E-state index in [2.05, 4.69) is 27.1 Å². The van der Waals surface area contributed by atoms with E-state index >= 15 is 0 Å². The van der Waals surface area contributed by atoms with E-state index in [4.69, 9.17) is 0 Å². The second-order valence-electron chi connectivity index (χ2n) is 4.35. The third-order valence-electron chi connectivity index (χ3n) is 3.27. The maximum atomic E-state index is 4.39. The Bertz CT molecular complexity index is 874. The molecule has 0 amide bonds. The fourth-order valence-corrected chi connectivity index (χ4v) is 2.39. The summed E-state index contributed by atoms with van der Waals surface area (Å²) in [6.07, 6.45) is 11.0. The number of fused-ring (bicyclic) bond motifs is 2. The maximum absolute atomic E-state index is 4.39. The predicted octanol–water partition coefficient (Wildman–Crippen LogP) is 2.94. The Hall–Kier alpha value is -2.75. The van der Waals surface area contributed by atoms with Crippen LogP contribution in [0.4, 0.5) is 0 Å². The number of hydrogen-bond donors (Lipinski definition) is 0. The van der Waals surface area contributed by atoms with Crippen LogP contribution in [0.1, 0.15) is 0 Å². The molecule has 1 aromatic carbocycles. The molecule has 0 aliphatic rings. The first-order valence-electron chi connectivity index (χ1n) is 6.04. The molecule has 0 bridgehead atoms. The maximum Gasteiger partial charge on any atom is 0.155 e. The van der Waals surface area contributed by atoms with Gasteiger partial charge in [-0.3, -0.25) is 14.4 Å². The molecule has 0 N–H and O–H groups in total. The average Bonchev–Trinajstić information content (AvgIpc) is 2.90. The van der Waals surface area contributed by atoms with Gasteiger partial charge in [0.25, 0.3) is 0 Å². The molecule has 0 saturated heterocycles. The molecular formula is C15H10N4. The van der Waals surface area contributed by atoms with Crippen molar-refractivity contribution in [2.24, 2.45) is 0 Å². The quantitative estimate of drug-likeness (QED) is 0.518. The fourth-order valence-electron chi connectivity index (χ4n) is 2.39. The van der Waals surface area contributed by atoms with Crippen molar-refractivity contribution >= 4 is 16.4 Å². The van der Waals surface area contributed by atoms with E-state index in [1.54, 1.807) is 12.4 Å². The molecule has 0 saturated carbocycles. The van der Waals surface area contributed by atoms with Crippen molar-refractivity contribution in [3.63, 3.8) is 0 Å². The van der Waals surface area contributed by atoms with Crippen LogP contribution >= 0.6 is 0 Å². The Morgan fingerprint density at radius 3 is 2.84 bits per heavy atom. The molecule has 3 heterocycles. The highest BCUT2D eigenvalue weighted by molar-refractivity contribution is 5.95. The molecular weight excluding hydrogens is 236 g/mol. The van der Waals surface area contributed by atoms with Gasteiger partial charge in [-0.15, -0.1) is 0 Å². The predicted molar refractivity (Wildman–Crippen MR) is 73.7 cm³/mol. The minimum absolute atomic E-state index is 0.851. The molecule has 0 atom stereocenters. The molecule has 4 nitrogen and oxygen atoms in total. The fraction of sp³-hybridized carbons (Fsp3) is 0. The molecule has 0 aliphatic carbocycles. The summed E-state index contributed by atoms with van der Waals surface area (Å²) in [5, 5.41) is 2.31. The third kappa shape index (κ3) is 1.50. The second-order valence-corrected chi connectivity index (χ2v) is 4.35. The summed E-state index contributed by atoms with van der Waals surface area (Å²) in [6.45, 7) is 0. The Balaban J connectivity index is 2.10. The van der Waals surface area contributed by atoms with Crippen LogP contribution in [0, 0.1) is 0 Å². The number of nitrogens with zero attached hydrogens (tertiary/aromatic N) is 4. The van der Waals surface area contributed by atoms with Gasteiger partial charge in [0.1, 0.15) is 0 Å². The summed E-state index contributed by atoms with van der Waals surface area (Å²) in [4.78, 5) is 12.6. The Morgan fingerprint density at radius 2 is 1.84 bits per heavy atom. The monoisotopic (exact) mass is 246 g/mol. The third-order valence-corrected chi connectivity index (χ3v) is 3.27. The molecule has 0 unspecified atom stereocenters. The van der Waals surface area contributed by atoms with Crippen LogP contribution in [0.15, 0.2) is 61.4 Å². The Labute approximate surface area is 109 Å². The van der Waals surface area contributed by atoms with Crippen LogP contribution in [0.3, 0.4) is 0 Å². The highest BCUT2D eigenvalue weighted by Gasteiger charge is 2.08. The molecule has 90 valence electrons. The Kier molecular flexibility index (Phi) is 2.08. The number of imidazole rings is 1. The molecule has 0 spiro atoms. The first-order chi connectivity index (χ1) is 9.43. The van der Waals surface area contributed by atoms with Crippen LogP contribution < -0.4 is 0 Å². The molecule has 3 aromatic heterocycles. The minimum atomic E-state index is 0.851. The number of pyridine rings is 1. The zero-order valence-electron chi connectivity index (χ0n) is 10.1. The normalized spacial score (nSPS) is 11.2. The Morgan fingerprint density at radius 1 is 0.895 bits per heavy atom. The molecule has 19 heavy (non-hydrogen) atoms. The van der Waals surface area contributed by atoms with E-state index in [-0.39, 0.29) is 0 Å². The molecule has 4 heteroatoms. The van der Waals surface area contributed by atoms with E-state index < -0.39 is 0 Å². The summed E-state index contributed by atoms with van der Waals surface area (Å²) >= 11 is 0. The summed E-state index contributed by atoms with van der Waals surface area (Å²) in [5.41, 5.74) is 3.07. The zero-order chi connectivity index (χ0) is 12.7.